The van der Waals surface area contributed by atoms with Gasteiger partial charge in [0, 0.05) is 19.5 Å². The molecule has 106 valence electrons. The monoisotopic (exact) mass is 286 g/mol. The predicted molar refractivity (Wildman–Crippen MR) is 72.6 cm³/mol. The summed E-state index contributed by atoms with van der Waals surface area (Å²) in [5.41, 5.74) is 0. The highest BCUT2D eigenvalue weighted by molar-refractivity contribution is 8.14. The molecule has 0 aromatic heterocycles. The zero-order valence-electron chi connectivity index (χ0n) is 10.7. The Kier molecular flexibility index (Phi) is 5.21. The topological polar surface area (TPSA) is 79.2 Å². The Balaban J connectivity index is 2.02. The van der Waals surface area contributed by atoms with Crippen LogP contribution in [0.2, 0.25) is 0 Å². The lowest BCUT2D eigenvalue weighted by atomic mass is 10.3. The summed E-state index contributed by atoms with van der Waals surface area (Å²) in [7, 11) is 0. The minimum absolute atomic E-state index is 0.0598. The van der Waals surface area contributed by atoms with E-state index in [1.165, 1.54) is 11.8 Å². The molecule has 2 aliphatic rings. The number of ether oxygens (including phenoxy) is 1. The molecule has 1 aliphatic carbocycles. The van der Waals surface area contributed by atoms with Gasteiger partial charge in [-0.2, -0.15) is 0 Å². The number of carboxylic acid groups (broad SMARTS) is 1. The maximum absolute atomic E-state index is 11.7. The van der Waals surface area contributed by atoms with Crippen LogP contribution < -0.4 is 0 Å². The number of carbonyl (C=O) groups is 2. The van der Waals surface area contributed by atoms with E-state index in [1.54, 1.807) is 0 Å². The average molecular weight is 286 g/mol. The van der Waals surface area contributed by atoms with Crippen molar-refractivity contribution in [2.45, 2.75) is 24.5 Å². The van der Waals surface area contributed by atoms with E-state index in [9.17, 15) is 9.59 Å². The number of Topliss-reactive ketones (excluding diaryl/α,β-unsaturated/α-hetero) is 1. The van der Waals surface area contributed by atoms with Gasteiger partial charge in [0.1, 0.15) is 12.3 Å². The van der Waals surface area contributed by atoms with Crippen molar-refractivity contribution in [3.8, 4) is 0 Å². The number of rotatable bonds is 3. The lowest BCUT2D eigenvalue weighted by molar-refractivity contribution is -0.135. The molecule has 1 unspecified atom stereocenters. The first-order valence-corrected chi connectivity index (χ1v) is 7.33. The number of carboxylic acids is 1. The van der Waals surface area contributed by atoms with Crippen molar-refractivity contribution in [2.75, 3.05) is 32.8 Å². The van der Waals surface area contributed by atoms with Crippen LogP contribution in [0.5, 0.6) is 0 Å². The average Bonchev–Trinajstić information content (AvgIpc) is 2.81. The van der Waals surface area contributed by atoms with Gasteiger partial charge in [0.2, 0.25) is 0 Å². The van der Waals surface area contributed by atoms with E-state index < -0.39 is 5.97 Å². The van der Waals surface area contributed by atoms with Crippen LogP contribution in [0, 0.1) is 0 Å². The summed E-state index contributed by atoms with van der Waals surface area (Å²) in [6.07, 6.45) is 2.42. The van der Waals surface area contributed by atoms with Crippen molar-refractivity contribution in [1.82, 2.24) is 4.90 Å². The molecule has 19 heavy (non-hydrogen) atoms. The van der Waals surface area contributed by atoms with Crippen LogP contribution in [0.4, 0.5) is 0 Å². The fraction of sp³-hybridized carbons (Fsp3) is 0.750. The second kappa shape index (κ2) is 6.91. The maximum atomic E-state index is 11.7. The van der Waals surface area contributed by atoms with Gasteiger partial charge < -0.3 is 14.7 Å². The first kappa shape index (κ1) is 14.3. The lowest BCUT2D eigenvalue weighted by Gasteiger charge is -2.30. The number of hydrogen-bond acceptors (Lipinski definition) is 5. The molecule has 1 aliphatic heterocycles. The molecular formula is C12H18N2O4S. The SMILES string of the molecule is O=C(O)CN=C(SC1CCCC1=O)N1CCOCC1. The first-order valence-electron chi connectivity index (χ1n) is 6.45. The van der Waals surface area contributed by atoms with Crippen LogP contribution in [-0.4, -0.2) is 65.0 Å². The maximum Gasteiger partial charge on any atom is 0.325 e. The molecule has 1 heterocycles. The third-order valence-corrected chi connectivity index (χ3v) is 4.51. The van der Waals surface area contributed by atoms with Crippen LogP contribution in [-0.2, 0) is 14.3 Å². The fourth-order valence-corrected chi connectivity index (χ4v) is 3.40. The number of aliphatic imine (C=N–C) groups is 1. The summed E-state index contributed by atoms with van der Waals surface area (Å²) in [5, 5.41) is 9.36. The van der Waals surface area contributed by atoms with Crippen molar-refractivity contribution in [2.24, 2.45) is 4.99 Å². The standard InChI is InChI=1S/C12H18N2O4S/c15-9-2-1-3-10(9)19-12(13-8-11(16)17)14-4-6-18-7-5-14/h10H,1-8H2,(H,16,17). The minimum atomic E-state index is -0.955. The molecule has 0 aromatic rings. The van der Waals surface area contributed by atoms with Crippen molar-refractivity contribution >= 4 is 28.7 Å². The summed E-state index contributed by atoms with van der Waals surface area (Å²) in [5.74, 6) is -0.703. The normalized spacial score (nSPS) is 24.8. The molecule has 0 aromatic carbocycles. The Bertz CT molecular complexity index is 380. The van der Waals surface area contributed by atoms with Crippen LogP contribution in [0.25, 0.3) is 0 Å². The number of nitrogens with zero attached hydrogens (tertiary/aromatic N) is 2. The van der Waals surface area contributed by atoms with E-state index in [0.29, 0.717) is 37.9 Å². The molecule has 1 saturated heterocycles. The Labute approximate surface area is 116 Å². The number of carbonyl (C=O) groups excluding carboxylic acids is 1. The van der Waals surface area contributed by atoms with Crippen molar-refractivity contribution < 1.29 is 19.4 Å². The highest BCUT2D eigenvalue weighted by Crippen LogP contribution is 2.29. The fourth-order valence-electron chi connectivity index (χ4n) is 2.14. The third-order valence-electron chi connectivity index (χ3n) is 3.13. The van der Waals surface area contributed by atoms with Crippen LogP contribution >= 0.6 is 11.8 Å². The van der Waals surface area contributed by atoms with E-state index in [0.717, 1.165) is 12.8 Å². The third kappa shape index (κ3) is 4.21. The van der Waals surface area contributed by atoms with Crippen molar-refractivity contribution in [3.05, 3.63) is 0 Å². The van der Waals surface area contributed by atoms with Gasteiger partial charge in [-0.05, 0) is 12.8 Å². The van der Waals surface area contributed by atoms with Crippen molar-refractivity contribution in [1.29, 1.82) is 0 Å². The summed E-state index contributed by atoms with van der Waals surface area (Å²) in [6.45, 7) is 2.38. The number of ketones is 1. The zero-order valence-corrected chi connectivity index (χ0v) is 11.5. The smallest absolute Gasteiger partial charge is 0.325 e. The van der Waals surface area contributed by atoms with Gasteiger partial charge in [0.05, 0.1) is 18.5 Å². The molecule has 1 atom stereocenters. The van der Waals surface area contributed by atoms with Gasteiger partial charge in [-0.3, -0.25) is 14.6 Å². The lowest BCUT2D eigenvalue weighted by Crippen LogP contribution is -2.40. The van der Waals surface area contributed by atoms with E-state index in [2.05, 4.69) is 4.99 Å². The Morgan fingerprint density at radius 1 is 1.47 bits per heavy atom. The minimum Gasteiger partial charge on any atom is -0.480 e. The number of thioether (sulfide) groups is 1. The number of amidine groups is 1. The number of aliphatic carboxylic acids is 1. The first-order chi connectivity index (χ1) is 9.16. The molecule has 1 N–H and O–H groups in total. The highest BCUT2D eigenvalue weighted by Gasteiger charge is 2.28. The molecule has 0 amide bonds. The second-order valence-corrected chi connectivity index (χ2v) is 5.73. The van der Waals surface area contributed by atoms with E-state index >= 15 is 0 Å². The molecule has 0 spiro atoms. The Morgan fingerprint density at radius 2 is 2.21 bits per heavy atom. The summed E-state index contributed by atoms with van der Waals surface area (Å²) >= 11 is 1.42. The molecule has 6 nitrogen and oxygen atoms in total. The van der Waals surface area contributed by atoms with E-state index in [4.69, 9.17) is 9.84 Å². The Hall–Kier alpha value is -1.08. The van der Waals surface area contributed by atoms with Crippen LogP contribution in [0.3, 0.4) is 0 Å². The number of hydrogen-bond donors (Lipinski definition) is 1. The predicted octanol–water partition coefficient (Wildman–Crippen LogP) is 0.614. The van der Waals surface area contributed by atoms with Gasteiger partial charge in [-0.1, -0.05) is 11.8 Å². The molecular weight excluding hydrogens is 268 g/mol. The van der Waals surface area contributed by atoms with E-state index in [1.807, 2.05) is 4.90 Å². The summed E-state index contributed by atoms with van der Waals surface area (Å²) < 4.78 is 5.28. The van der Waals surface area contributed by atoms with Gasteiger partial charge in [0.15, 0.2) is 5.17 Å². The summed E-state index contributed by atoms with van der Waals surface area (Å²) in [6, 6.07) is 0. The van der Waals surface area contributed by atoms with E-state index in [-0.39, 0.29) is 17.6 Å². The molecule has 0 radical (unpaired) electrons. The van der Waals surface area contributed by atoms with Crippen LogP contribution in [0.1, 0.15) is 19.3 Å². The van der Waals surface area contributed by atoms with Gasteiger partial charge in [-0.25, -0.2) is 0 Å². The van der Waals surface area contributed by atoms with Crippen molar-refractivity contribution in [3.63, 3.8) is 0 Å². The summed E-state index contributed by atoms with van der Waals surface area (Å²) in [4.78, 5) is 28.5. The Morgan fingerprint density at radius 3 is 2.79 bits per heavy atom. The number of morpholine rings is 1. The van der Waals surface area contributed by atoms with Gasteiger partial charge in [-0.15, -0.1) is 0 Å². The quantitative estimate of drug-likeness (QED) is 0.605. The molecule has 7 heteroatoms. The van der Waals surface area contributed by atoms with Gasteiger partial charge in [0.25, 0.3) is 0 Å². The second-order valence-electron chi connectivity index (χ2n) is 4.56. The van der Waals surface area contributed by atoms with Gasteiger partial charge >= 0.3 is 5.97 Å². The molecule has 2 fully saturated rings. The zero-order chi connectivity index (χ0) is 13.7. The largest absolute Gasteiger partial charge is 0.480 e. The molecule has 1 saturated carbocycles. The molecule has 0 bridgehead atoms. The highest BCUT2D eigenvalue weighted by atomic mass is 32.2. The molecule has 2 rings (SSSR count). The van der Waals surface area contributed by atoms with Crippen LogP contribution in [0.15, 0.2) is 4.99 Å².